The van der Waals surface area contributed by atoms with Gasteiger partial charge in [-0.2, -0.15) is 13.2 Å². The van der Waals surface area contributed by atoms with Gasteiger partial charge in [-0.3, -0.25) is 14.6 Å². The molecule has 3 rings (SSSR count). The number of nitrogens with zero attached hydrogens (tertiary/aromatic N) is 2. The maximum absolute atomic E-state index is 13.1. The second-order valence-electron chi connectivity index (χ2n) is 7.10. The lowest BCUT2D eigenvalue weighted by Crippen LogP contribution is -3.06. The third-order valence-electron chi connectivity index (χ3n) is 4.64. The van der Waals surface area contributed by atoms with E-state index in [1.807, 2.05) is 14.1 Å². The first-order chi connectivity index (χ1) is 13.7. The van der Waals surface area contributed by atoms with Crippen molar-refractivity contribution in [2.75, 3.05) is 32.1 Å². The van der Waals surface area contributed by atoms with Gasteiger partial charge in [0.2, 0.25) is 5.91 Å². The van der Waals surface area contributed by atoms with Crippen molar-refractivity contribution in [1.82, 2.24) is 0 Å². The molecular formula is C21H21F3N3O2+. The molecule has 1 unspecified atom stereocenters. The maximum Gasteiger partial charge on any atom is 0.416 e. The first-order valence-electron chi connectivity index (χ1n) is 9.13. The van der Waals surface area contributed by atoms with E-state index in [-0.39, 0.29) is 11.3 Å². The topological polar surface area (TPSA) is 54.2 Å². The fourth-order valence-electron chi connectivity index (χ4n) is 3.13. The molecule has 29 heavy (non-hydrogen) atoms. The van der Waals surface area contributed by atoms with Crippen molar-refractivity contribution in [1.29, 1.82) is 0 Å². The number of imide groups is 1. The quantitative estimate of drug-likeness (QED) is 0.614. The molecule has 1 heterocycles. The van der Waals surface area contributed by atoms with Crippen molar-refractivity contribution < 1.29 is 27.7 Å². The van der Waals surface area contributed by atoms with E-state index in [1.165, 1.54) is 23.2 Å². The Hall–Kier alpha value is -3.00. The lowest BCUT2D eigenvalue weighted by atomic mass is 9.88. The molecule has 0 radical (unpaired) electrons. The predicted molar refractivity (Wildman–Crippen MR) is 103 cm³/mol. The summed E-state index contributed by atoms with van der Waals surface area (Å²) in [5.41, 5.74) is -0.250. The van der Waals surface area contributed by atoms with Crippen molar-refractivity contribution in [2.24, 2.45) is 4.99 Å². The number of quaternary nitrogens is 1. The predicted octanol–water partition coefficient (Wildman–Crippen LogP) is 2.19. The molecular weight excluding hydrogens is 383 g/mol. The molecule has 0 fully saturated rings. The molecule has 0 saturated carbocycles. The average molecular weight is 404 g/mol. The monoisotopic (exact) mass is 404 g/mol. The van der Waals surface area contributed by atoms with Gasteiger partial charge in [0.15, 0.2) is 0 Å². The third kappa shape index (κ3) is 4.37. The molecule has 0 spiro atoms. The summed E-state index contributed by atoms with van der Waals surface area (Å²) in [6.45, 7) is 1.25. The smallest absolute Gasteiger partial charge is 0.338 e. The number of anilines is 1. The van der Waals surface area contributed by atoms with Gasteiger partial charge in [0.1, 0.15) is 0 Å². The number of hydrogen-bond acceptors (Lipinski definition) is 3. The highest BCUT2D eigenvalue weighted by Gasteiger charge is 2.39. The number of benzene rings is 2. The first-order valence-corrected chi connectivity index (χ1v) is 9.13. The van der Waals surface area contributed by atoms with Crippen LogP contribution in [-0.4, -0.2) is 45.2 Å². The largest absolute Gasteiger partial charge is 0.416 e. The van der Waals surface area contributed by atoms with E-state index in [2.05, 4.69) is 4.99 Å². The molecule has 0 aliphatic carbocycles. The number of amides is 2. The van der Waals surface area contributed by atoms with Gasteiger partial charge in [-0.25, -0.2) is 4.90 Å². The zero-order chi connectivity index (χ0) is 21.2. The van der Waals surface area contributed by atoms with Crippen LogP contribution in [0.2, 0.25) is 0 Å². The molecule has 5 nitrogen and oxygen atoms in total. The van der Waals surface area contributed by atoms with Gasteiger partial charge in [0, 0.05) is 11.8 Å². The van der Waals surface area contributed by atoms with Crippen LogP contribution in [0.4, 0.5) is 18.9 Å². The van der Waals surface area contributed by atoms with Crippen LogP contribution >= 0.6 is 0 Å². The van der Waals surface area contributed by atoms with Gasteiger partial charge >= 0.3 is 6.18 Å². The van der Waals surface area contributed by atoms with Crippen LogP contribution < -0.4 is 9.80 Å². The number of hydrogen-bond donors (Lipinski definition) is 1. The Morgan fingerprint density at radius 2 is 1.83 bits per heavy atom. The number of nitrogens with one attached hydrogen (secondary N) is 1. The summed E-state index contributed by atoms with van der Waals surface area (Å²) in [6.07, 6.45) is -3.09. The van der Waals surface area contributed by atoms with E-state index >= 15 is 0 Å². The molecule has 0 saturated heterocycles. The van der Waals surface area contributed by atoms with Crippen LogP contribution in [0.15, 0.2) is 53.5 Å². The lowest BCUT2D eigenvalue weighted by Gasteiger charge is -2.31. The molecule has 1 N–H and O–H groups in total. The molecule has 2 amide bonds. The number of likely N-dealkylation sites (N-methyl/N-ethyl adjacent to an activating group) is 1. The van der Waals surface area contributed by atoms with Crippen LogP contribution in [-0.2, 0) is 11.0 Å². The zero-order valence-electron chi connectivity index (χ0n) is 16.0. The second kappa shape index (κ2) is 8.16. The molecule has 0 aromatic heterocycles. The lowest BCUT2D eigenvalue weighted by molar-refractivity contribution is -0.856. The Morgan fingerprint density at radius 3 is 2.52 bits per heavy atom. The Labute approximate surface area is 166 Å². The molecule has 2 aromatic rings. The Balaban J connectivity index is 2.02. The van der Waals surface area contributed by atoms with Gasteiger partial charge in [0.05, 0.1) is 44.4 Å². The van der Waals surface area contributed by atoms with Crippen LogP contribution in [0, 0.1) is 0 Å². The minimum atomic E-state index is -4.58. The SMILES string of the molecule is C[NH+](C)CCN=CC1C(=O)N(c2cccc(C(F)(F)F)c2)C(=O)c2ccccc21. The summed E-state index contributed by atoms with van der Waals surface area (Å²) in [6, 6.07) is 10.8. The second-order valence-corrected chi connectivity index (χ2v) is 7.10. The number of rotatable bonds is 5. The van der Waals surface area contributed by atoms with Crippen molar-refractivity contribution in [3.8, 4) is 0 Å². The van der Waals surface area contributed by atoms with Gasteiger partial charge in [-0.1, -0.05) is 24.3 Å². The van der Waals surface area contributed by atoms with Crippen molar-refractivity contribution in [2.45, 2.75) is 12.1 Å². The van der Waals surface area contributed by atoms with E-state index in [0.717, 1.165) is 23.6 Å². The summed E-state index contributed by atoms with van der Waals surface area (Å²) in [5.74, 6) is -2.10. The molecule has 0 bridgehead atoms. The van der Waals surface area contributed by atoms with Crippen LogP contribution in [0.25, 0.3) is 0 Å². The molecule has 8 heteroatoms. The van der Waals surface area contributed by atoms with Gasteiger partial charge in [-0.15, -0.1) is 0 Å². The standard InChI is InChI=1S/C21H20F3N3O2/c1-26(2)11-10-25-13-18-16-8-3-4-9-17(16)19(28)27(20(18)29)15-7-5-6-14(12-15)21(22,23)24/h3-9,12-13,18H,10-11H2,1-2H3/p+1. The highest BCUT2D eigenvalue weighted by atomic mass is 19.4. The minimum Gasteiger partial charge on any atom is -0.338 e. The minimum absolute atomic E-state index is 0.111. The fraction of sp³-hybridized carbons (Fsp3) is 0.286. The fourth-order valence-corrected chi connectivity index (χ4v) is 3.13. The van der Waals surface area contributed by atoms with Gasteiger partial charge < -0.3 is 4.90 Å². The summed E-state index contributed by atoms with van der Waals surface area (Å²) < 4.78 is 39.3. The Morgan fingerprint density at radius 1 is 1.10 bits per heavy atom. The zero-order valence-corrected chi connectivity index (χ0v) is 16.0. The normalized spacial score (nSPS) is 17.3. The van der Waals surface area contributed by atoms with Gasteiger partial charge in [0.25, 0.3) is 5.91 Å². The highest BCUT2D eigenvalue weighted by Crippen LogP contribution is 2.35. The van der Waals surface area contributed by atoms with E-state index in [0.29, 0.717) is 12.1 Å². The number of carbonyl (C=O) groups excluding carboxylic acids is 2. The van der Waals surface area contributed by atoms with E-state index in [4.69, 9.17) is 0 Å². The van der Waals surface area contributed by atoms with Gasteiger partial charge in [-0.05, 0) is 29.8 Å². The summed E-state index contributed by atoms with van der Waals surface area (Å²) in [4.78, 5) is 32.4. The van der Waals surface area contributed by atoms with Crippen molar-refractivity contribution in [3.05, 3.63) is 65.2 Å². The van der Waals surface area contributed by atoms with E-state index < -0.39 is 29.5 Å². The first kappa shape index (κ1) is 20.7. The van der Waals surface area contributed by atoms with Crippen LogP contribution in [0.1, 0.15) is 27.4 Å². The van der Waals surface area contributed by atoms with E-state index in [1.54, 1.807) is 24.3 Å². The molecule has 1 aliphatic heterocycles. The molecule has 152 valence electrons. The Kier molecular flexibility index (Phi) is 5.83. The number of fused-ring (bicyclic) bond motifs is 1. The number of alkyl halides is 3. The molecule has 1 atom stereocenters. The number of carbonyl (C=O) groups is 2. The maximum atomic E-state index is 13.1. The number of halogens is 3. The van der Waals surface area contributed by atoms with E-state index in [9.17, 15) is 22.8 Å². The van der Waals surface area contributed by atoms with Crippen molar-refractivity contribution >= 4 is 23.7 Å². The Bertz CT molecular complexity index is 954. The third-order valence-corrected chi connectivity index (χ3v) is 4.64. The summed E-state index contributed by atoms with van der Waals surface area (Å²) in [7, 11) is 3.95. The average Bonchev–Trinajstić information content (AvgIpc) is 2.67. The molecule has 2 aromatic carbocycles. The summed E-state index contributed by atoms with van der Waals surface area (Å²) in [5, 5.41) is 0. The van der Waals surface area contributed by atoms with Crippen LogP contribution in [0.5, 0.6) is 0 Å². The van der Waals surface area contributed by atoms with Crippen molar-refractivity contribution in [3.63, 3.8) is 0 Å². The number of aliphatic imine (C=N–C) groups is 1. The summed E-state index contributed by atoms with van der Waals surface area (Å²) >= 11 is 0. The van der Waals surface area contributed by atoms with Crippen LogP contribution in [0.3, 0.4) is 0 Å². The highest BCUT2D eigenvalue weighted by molar-refractivity contribution is 6.29. The molecule has 1 aliphatic rings.